The third kappa shape index (κ3) is 2.29. The quantitative estimate of drug-likeness (QED) is 0.738. The second-order valence-electron chi connectivity index (χ2n) is 4.18. The number of benzene rings is 1. The smallest absolute Gasteiger partial charge is 0.153 e. The molecule has 0 unspecified atom stereocenters. The first-order chi connectivity index (χ1) is 7.48. The summed E-state index contributed by atoms with van der Waals surface area (Å²) in [5, 5.41) is 0. The maximum absolute atomic E-state index is 11.3. The molecule has 1 aromatic rings. The minimum absolute atomic E-state index is 0.247. The van der Waals surface area contributed by atoms with E-state index in [-0.39, 0.29) is 11.5 Å². The maximum Gasteiger partial charge on any atom is 0.153 e. The lowest BCUT2D eigenvalue weighted by Gasteiger charge is -2.30. The van der Waals surface area contributed by atoms with Crippen LogP contribution in [0.5, 0.6) is 0 Å². The highest BCUT2D eigenvalue weighted by molar-refractivity contribution is 7.91. The lowest BCUT2D eigenvalue weighted by Crippen LogP contribution is -2.40. The number of anilines is 2. The minimum atomic E-state index is -2.81. The summed E-state index contributed by atoms with van der Waals surface area (Å²) in [6.07, 6.45) is 0. The Morgan fingerprint density at radius 3 is 2.44 bits per heavy atom. The molecule has 0 amide bonds. The molecule has 1 saturated heterocycles. The van der Waals surface area contributed by atoms with Gasteiger partial charge in [0, 0.05) is 24.5 Å². The third-order valence-electron chi connectivity index (χ3n) is 2.91. The Bertz CT molecular complexity index is 483. The number of sulfone groups is 1. The SMILES string of the molecule is Cc1cc(N)ccc1N1CCS(=O)(=O)CC1. The van der Waals surface area contributed by atoms with Crippen LogP contribution in [0.1, 0.15) is 5.56 Å². The normalized spacial score (nSPS) is 19.7. The highest BCUT2D eigenvalue weighted by Gasteiger charge is 2.22. The average molecular weight is 240 g/mol. The summed E-state index contributed by atoms with van der Waals surface area (Å²) in [4.78, 5) is 2.11. The molecule has 0 aliphatic carbocycles. The second kappa shape index (κ2) is 3.97. The van der Waals surface area contributed by atoms with Crippen molar-refractivity contribution in [2.24, 2.45) is 0 Å². The number of hydrogen-bond donors (Lipinski definition) is 1. The molecule has 1 aromatic carbocycles. The van der Waals surface area contributed by atoms with Gasteiger partial charge in [-0.1, -0.05) is 0 Å². The van der Waals surface area contributed by atoms with Crippen molar-refractivity contribution in [2.45, 2.75) is 6.92 Å². The second-order valence-corrected chi connectivity index (χ2v) is 6.49. The molecule has 16 heavy (non-hydrogen) atoms. The van der Waals surface area contributed by atoms with Crippen LogP contribution in [-0.4, -0.2) is 33.0 Å². The van der Waals surface area contributed by atoms with Crippen LogP contribution in [0.25, 0.3) is 0 Å². The summed E-state index contributed by atoms with van der Waals surface area (Å²) >= 11 is 0. The van der Waals surface area contributed by atoms with Gasteiger partial charge in [-0.05, 0) is 30.7 Å². The van der Waals surface area contributed by atoms with Gasteiger partial charge in [-0.25, -0.2) is 8.42 Å². The summed E-state index contributed by atoms with van der Waals surface area (Å²) < 4.78 is 22.6. The first-order valence-corrected chi connectivity index (χ1v) is 7.11. The molecule has 4 nitrogen and oxygen atoms in total. The highest BCUT2D eigenvalue weighted by atomic mass is 32.2. The van der Waals surface area contributed by atoms with Crippen molar-refractivity contribution in [2.75, 3.05) is 35.2 Å². The molecule has 2 rings (SSSR count). The van der Waals surface area contributed by atoms with Crippen LogP contribution >= 0.6 is 0 Å². The average Bonchev–Trinajstić information content (AvgIpc) is 2.19. The van der Waals surface area contributed by atoms with Crippen LogP contribution < -0.4 is 10.6 Å². The largest absolute Gasteiger partial charge is 0.399 e. The summed E-state index contributed by atoms with van der Waals surface area (Å²) in [7, 11) is -2.81. The molecule has 88 valence electrons. The van der Waals surface area contributed by atoms with E-state index in [4.69, 9.17) is 5.73 Å². The molecule has 0 bridgehead atoms. The molecule has 1 aliphatic rings. The first kappa shape index (κ1) is 11.3. The van der Waals surface area contributed by atoms with Gasteiger partial charge >= 0.3 is 0 Å². The van der Waals surface area contributed by atoms with E-state index in [9.17, 15) is 8.42 Å². The van der Waals surface area contributed by atoms with Crippen LogP contribution in [0.4, 0.5) is 11.4 Å². The Kier molecular flexibility index (Phi) is 2.80. The van der Waals surface area contributed by atoms with Crippen LogP contribution in [-0.2, 0) is 9.84 Å². The Balaban J connectivity index is 2.20. The van der Waals surface area contributed by atoms with Gasteiger partial charge in [0.15, 0.2) is 9.84 Å². The molecule has 5 heteroatoms. The van der Waals surface area contributed by atoms with Crippen molar-refractivity contribution in [3.63, 3.8) is 0 Å². The van der Waals surface area contributed by atoms with E-state index in [0.717, 1.165) is 16.9 Å². The molecule has 0 aromatic heterocycles. The first-order valence-electron chi connectivity index (χ1n) is 5.29. The van der Waals surface area contributed by atoms with Gasteiger partial charge in [0.2, 0.25) is 0 Å². The highest BCUT2D eigenvalue weighted by Crippen LogP contribution is 2.23. The van der Waals surface area contributed by atoms with E-state index < -0.39 is 9.84 Å². The van der Waals surface area contributed by atoms with Crippen LogP contribution in [0, 0.1) is 6.92 Å². The van der Waals surface area contributed by atoms with Gasteiger partial charge in [-0.15, -0.1) is 0 Å². The van der Waals surface area contributed by atoms with Crippen molar-refractivity contribution in [3.8, 4) is 0 Å². The number of hydrogen-bond acceptors (Lipinski definition) is 4. The van der Waals surface area contributed by atoms with Gasteiger partial charge in [0.25, 0.3) is 0 Å². The Hall–Kier alpha value is -1.23. The molecule has 1 aliphatic heterocycles. The topological polar surface area (TPSA) is 63.4 Å². The molecule has 2 N–H and O–H groups in total. The van der Waals surface area contributed by atoms with Gasteiger partial charge in [-0.3, -0.25) is 0 Å². The summed E-state index contributed by atoms with van der Waals surface area (Å²) in [6.45, 7) is 3.15. The number of nitrogens with two attached hydrogens (primary N) is 1. The van der Waals surface area contributed by atoms with E-state index in [0.29, 0.717) is 13.1 Å². The van der Waals surface area contributed by atoms with E-state index in [2.05, 4.69) is 4.90 Å². The zero-order valence-corrected chi connectivity index (χ0v) is 10.1. The number of aryl methyl sites for hydroxylation is 1. The van der Waals surface area contributed by atoms with Crippen molar-refractivity contribution in [1.29, 1.82) is 0 Å². The zero-order valence-electron chi connectivity index (χ0n) is 9.31. The molecule has 0 atom stereocenters. The van der Waals surface area contributed by atoms with E-state index in [1.54, 1.807) is 0 Å². The minimum Gasteiger partial charge on any atom is -0.399 e. The fourth-order valence-corrected chi connectivity index (χ4v) is 3.19. The van der Waals surface area contributed by atoms with Gasteiger partial charge < -0.3 is 10.6 Å². The molecular formula is C11H16N2O2S. The number of nitrogens with zero attached hydrogens (tertiary/aromatic N) is 1. The van der Waals surface area contributed by atoms with Gasteiger partial charge in [-0.2, -0.15) is 0 Å². The fourth-order valence-electron chi connectivity index (χ4n) is 1.99. The van der Waals surface area contributed by atoms with Gasteiger partial charge in [0.05, 0.1) is 11.5 Å². The van der Waals surface area contributed by atoms with Crippen LogP contribution in [0.15, 0.2) is 18.2 Å². The number of rotatable bonds is 1. The fraction of sp³-hybridized carbons (Fsp3) is 0.455. The summed E-state index contributed by atoms with van der Waals surface area (Å²) in [5.74, 6) is 0.494. The van der Waals surface area contributed by atoms with Crippen molar-refractivity contribution in [1.82, 2.24) is 0 Å². The maximum atomic E-state index is 11.3. The lowest BCUT2D eigenvalue weighted by atomic mass is 10.1. The molecule has 0 radical (unpaired) electrons. The predicted octanol–water partition coefficient (Wildman–Crippen LogP) is 0.812. The van der Waals surface area contributed by atoms with Gasteiger partial charge in [0.1, 0.15) is 0 Å². The lowest BCUT2D eigenvalue weighted by molar-refractivity contribution is 0.586. The van der Waals surface area contributed by atoms with E-state index in [1.165, 1.54) is 0 Å². The Labute approximate surface area is 96.0 Å². The molecule has 0 spiro atoms. The third-order valence-corrected chi connectivity index (χ3v) is 4.52. The van der Waals surface area contributed by atoms with Crippen LogP contribution in [0.3, 0.4) is 0 Å². The molecule has 1 fully saturated rings. The molecular weight excluding hydrogens is 224 g/mol. The van der Waals surface area contributed by atoms with Crippen molar-refractivity contribution in [3.05, 3.63) is 23.8 Å². The molecule has 1 heterocycles. The van der Waals surface area contributed by atoms with E-state index >= 15 is 0 Å². The zero-order chi connectivity index (χ0) is 11.8. The monoisotopic (exact) mass is 240 g/mol. The summed E-state index contributed by atoms with van der Waals surface area (Å²) in [5.41, 5.74) is 8.61. The Morgan fingerprint density at radius 1 is 1.25 bits per heavy atom. The summed E-state index contributed by atoms with van der Waals surface area (Å²) in [6, 6.07) is 5.73. The number of nitrogen functional groups attached to an aromatic ring is 1. The van der Waals surface area contributed by atoms with Crippen molar-refractivity contribution >= 4 is 21.2 Å². The standard InChI is InChI=1S/C11H16N2O2S/c1-9-8-10(12)2-3-11(9)13-4-6-16(14,15)7-5-13/h2-3,8H,4-7,12H2,1H3. The van der Waals surface area contributed by atoms with Crippen LogP contribution in [0.2, 0.25) is 0 Å². The van der Waals surface area contributed by atoms with Crippen molar-refractivity contribution < 1.29 is 8.42 Å². The Morgan fingerprint density at radius 2 is 1.88 bits per heavy atom. The van der Waals surface area contributed by atoms with E-state index in [1.807, 2.05) is 25.1 Å². The predicted molar refractivity (Wildman–Crippen MR) is 66.5 cm³/mol. The molecule has 0 saturated carbocycles.